The minimum Gasteiger partial charge on any atom is -0.405 e. The Hall–Kier alpha value is -2.11. The molecule has 4 nitrogen and oxygen atoms in total. The van der Waals surface area contributed by atoms with Gasteiger partial charge in [-0.3, -0.25) is 0 Å². The van der Waals surface area contributed by atoms with Crippen LogP contribution in [0.1, 0.15) is 69.4 Å². The number of halogens is 1. The number of anilines is 1. The molecule has 172 valence electrons. The fraction of sp³-hybridized carbons (Fsp3) is 0.556. The molecule has 0 radical (unpaired) electrons. The molecule has 4 aliphatic rings. The first-order valence-corrected chi connectivity index (χ1v) is 12.0. The minimum absolute atomic E-state index is 0.185. The topological polar surface area (TPSA) is 92.5 Å². The molecule has 0 aliphatic heterocycles. The van der Waals surface area contributed by atoms with E-state index < -0.39 is 11.3 Å². The number of hydrogen-bond acceptors (Lipinski definition) is 4. The second-order valence-electron chi connectivity index (χ2n) is 10.7. The highest BCUT2D eigenvalue weighted by Crippen LogP contribution is 2.65. The number of aliphatic hydroxyl groups excluding tert-OH is 1. The number of nitrogen functional groups attached to an aromatic ring is 1. The van der Waals surface area contributed by atoms with E-state index in [9.17, 15) is 10.2 Å². The first-order chi connectivity index (χ1) is 15.2. The third-order valence-electron chi connectivity index (χ3n) is 9.05. The van der Waals surface area contributed by atoms with Crippen molar-refractivity contribution >= 4 is 17.3 Å². The number of rotatable bonds is 2. The molecule has 5 rings (SSSR count). The van der Waals surface area contributed by atoms with Gasteiger partial charge in [0.2, 0.25) is 0 Å². The molecule has 4 aliphatic carbocycles. The summed E-state index contributed by atoms with van der Waals surface area (Å²) in [5.41, 5.74) is 13.1. The van der Waals surface area contributed by atoms with Gasteiger partial charge in [-0.1, -0.05) is 30.7 Å². The van der Waals surface area contributed by atoms with E-state index in [1.54, 1.807) is 12.2 Å². The van der Waals surface area contributed by atoms with E-state index in [0.29, 0.717) is 37.8 Å². The van der Waals surface area contributed by atoms with Crippen LogP contribution in [0.5, 0.6) is 0 Å². The average Bonchev–Trinajstić information content (AvgIpc) is 3.05. The second kappa shape index (κ2) is 7.46. The number of fused-ring (bicyclic) bond motifs is 4. The number of alkyl halides is 1. The van der Waals surface area contributed by atoms with Gasteiger partial charge in [0.1, 0.15) is 5.60 Å². The third kappa shape index (κ3) is 3.08. The number of aliphatic hydroxyl groups is 2. The van der Waals surface area contributed by atoms with Crippen LogP contribution in [0.4, 0.5) is 10.1 Å². The van der Waals surface area contributed by atoms with Crippen molar-refractivity contribution in [2.75, 3.05) is 5.73 Å². The summed E-state index contributed by atoms with van der Waals surface area (Å²) in [7, 11) is 0. The first kappa shape index (κ1) is 21.7. The van der Waals surface area contributed by atoms with Crippen molar-refractivity contribution in [1.82, 2.24) is 0 Å². The van der Waals surface area contributed by atoms with Crippen LogP contribution in [0.2, 0.25) is 0 Å². The Balaban J connectivity index is 1.50. The molecule has 0 spiro atoms. The SMILES string of the molecule is CC12CCC3(F)C=C4CC(O)CCC4CC[C@]3(O)C1CC=C2c1ccc(/C=C\N)c(N)c1. The molecule has 0 bridgehead atoms. The Kier molecular flexibility index (Phi) is 5.06. The molecule has 6 N–H and O–H groups in total. The molecule has 0 aromatic heterocycles. The van der Waals surface area contributed by atoms with E-state index in [2.05, 4.69) is 19.1 Å². The average molecular weight is 439 g/mol. The summed E-state index contributed by atoms with van der Waals surface area (Å²) < 4.78 is 16.6. The van der Waals surface area contributed by atoms with Crippen LogP contribution >= 0.6 is 0 Å². The number of benzene rings is 1. The summed E-state index contributed by atoms with van der Waals surface area (Å²) in [5.74, 6) is 0.0965. The third-order valence-corrected chi connectivity index (χ3v) is 9.05. The van der Waals surface area contributed by atoms with Gasteiger partial charge < -0.3 is 21.7 Å². The largest absolute Gasteiger partial charge is 0.405 e. The van der Waals surface area contributed by atoms with Crippen LogP contribution in [0.3, 0.4) is 0 Å². The molecule has 32 heavy (non-hydrogen) atoms. The van der Waals surface area contributed by atoms with Crippen molar-refractivity contribution in [3.05, 3.63) is 53.3 Å². The lowest BCUT2D eigenvalue weighted by molar-refractivity contribution is -0.172. The van der Waals surface area contributed by atoms with Crippen LogP contribution in [-0.4, -0.2) is 27.6 Å². The Labute approximate surface area is 189 Å². The van der Waals surface area contributed by atoms with Crippen molar-refractivity contribution in [1.29, 1.82) is 0 Å². The molecule has 2 fully saturated rings. The summed E-state index contributed by atoms with van der Waals surface area (Å²) in [6, 6.07) is 5.99. The fourth-order valence-electron chi connectivity index (χ4n) is 7.23. The predicted octanol–water partition coefficient (Wildman–Crippen LogP) is 4.72. The molecule has 0 amide bonds. The monoisotopic (exact) mass is 438 g/mol. The van der Waals surface area contributed by atoms with Crippen LogP contribution in [0.15, 0.2) is 42.1 Å². The lowest BCUT2D eigenvalue weighted by Crippen LogP contribution is -2.61. The van der Waals surface area contributed by atoms with Gasteiger partial charge in [-0.15, -0.1) is 0 Å². The lowest BCUT2D eigenvalue weighted by Gasteiger charge is -2.55. The van der Waals surface area contributed by atoms with Gasteiger partial charge in [0.05, 0.1) is 6.10 Å². The normalized spacial score (nSPS) is 41.3. The second-order valence-corrected chi connectivity index (χ2v) is 10.7. The highest BCUT2D eigenvalue weighted by molar-refractivity contribution is 5.78. The van der Waals surface area contributed by atoms with Gasteiger partial charge >= 0.3 is 0 Å². The summed E-state index contributed by atoms with van der Waals surface area (Å²) in [4.78, 5) is 0. The molecule has 0 saturated heterocycles. The Morgan fingerprint density at radius 1 is 1.16 bits per heavy atom. The summed E-state index contributed by atoms with van der Waals surface area (Å²) >= 11 is 0. The Morgan fingerprint density at radius 2 is 1.97 bits per heavy atom. The van der Waals surface area contributed by atoms with Crippen LogP contribution in [0.25, 0.3) is 11.6 Å². The van der Waals surface area contributed by atoms with Gasteiger partial charge in [0.25, 0.3) is 0 Å². The summed E-state index contributed by atoms with van der Waals surface area (Å²) in [5, 5.41) is 22.2. The van der Waals surface area contributed by atoms with Crippen LogP contribution < -0.4 is 11.5 Å². The number of allylic oxidation sites excluding steroid dienone is 2. The predicted molar refractivity (Wildman–Crippen MR) is 127 cm³/mol. The van der Waals surface area contributed by atoms with E-state index in [0.717, 1.165) is 41.5 Å². The zero-order chi connectivity index (χ0) is 22.7. The van der Waals surface area contributed by atoms with Gasteiger partial charge in [0.15, 0.2) is 5.67 Å². The molecule has 5 unspecified atom stereocenters. The van der Waals surface area contributed by atoms with E-state index in [1.807, 2.05) is 12.1 Å². The van der Waals surface area contributed by atoms with Crippen molar-refractivity contribution in [3.8, 4) is 0 Å². The zero-order valence-electron chi connectivity index (χ0n) is 18.9. The van der Waals surface area contributed by atoms with E-state index >= 15 is 4.39 Å². The standard InChI is InChI=1S/C27H35FN2O2/c1-25-11-12-26(28)16-20-14-21(31)5-4-17(20)8-10-27(26,32)24(25)7-6-22(25)19-3-2-18(9-13-29)23(30)15-19/h2-3,6,9,13,15-17,21,24,31-32H,4-5,7-8,10-12,14,29-30H2,1H3/b13-9-/t17?,21?,24?,25?,26?,27-/m0/s1. The van der Waals surface area contributed by atoms with E-state index in [4.69, 9.17) is 11.5 Å². The Morgan fingerprint density at radius 3 is 2.72 bits per heavy atom. The summed E-state index contributed by atoms with van der Waals surface area (Å²) in [6.07, 6.45) is 11.9. The lowest BCUT2D eigenvalue weighted by atomic mass is 9.53. The van der Waals surface area contributed by atoms with Gasteiger partial charge in [-0.05, 0) is 104 Å². The van der Waals surface area contributed by atoms with Crippen molar-refractivity contribution in [2.24, 2.45) is 23.0 Å². The smallest absolute Gasteiger partial charge is 0.158 e. The van der Waals surface area contributed by atoms with Crippen LogP contribution in [0, 0.1) is 17.3 Å². The maximum absolute atomic E-state index is 16.6. The first-order valence-electron chi connectivity index (χ1n) is 12.0. The molecule has 1 aromatic rings. The highest BCUT2D eigenvalue weighted by Gasteiger charge is 2.65. The van der Waals surface area contributed by atoms with Gasteiger partial charge in [-0.2, -0.15) is 0 Å². The van der Waals surface area contributed by atoms with Gasteiger partial charge in [0, 0.05) is 11.6 Å². The van der Waals surface area contributed by atoms with Crippen molar-refractivity contribution < 1.29 is 14.6 Å². The maximum Gasteiger partial charge on any atom is 0.158 e. The van der Waals surface area contributed by atoms with E-state index in [1.165, 1.54) is 6.20 Å². The fourth-order valence-corrected chi connectivity index (χ4v) is 7.23. The summed E-state index contributed by atoms with van der Waals surface area (Å²) in [6.45, 7) is 2.19. The van der Waals surface area contributed by atoms with Crippen molar-refractivity contribution in [3.63, 3.8) is 0 Å². The molecular formula is C27H35FN2O2. The highest BCUT2D eigenvalue weighted by atomic mass is 19.1. The molecule has 2 saturated carbocycles. The zero-order valence-corrected chi connectivity index (χ0v) is 18.9. The Bertz CT molecular complexity index is 1020. The molecular weight excluding hydrogens is 403 g/mol. The molecule has 5 heteroatoms. The van der Waals surface area contributed by atoms with E-state index in [-0.39, 0.29) is 23.4 Å². The molecule has 0 heterocycles. The van der Waals surface area contributed by atoms with Crippen molar-refractivity contribution in [2.45, 2.75) is 75.7 Å². The quantitative estimate of drug-likeness (QED) is 0.397. The van der Waals surface area contributed by atoms with Gasteiger partial charge in [-0.25, -0.2) is 4.39 Å². The van der Waals surface area contributed by atoms with Crippen LogP contribution in [-0.2, 0) is 0 Å². The minimum atomic E-state index is -1.74. The molecule has 1 aromatic carbocycles. The molecule has 6 atom stereocenters. The number of nitrogens with two attached hydrogens (primary N) is 2. The number of hydrogen-bond donors (Lipinski definition) is 4. The maximum atomic E-state index is 16.6.